The van der Waals surface area contributed by atoms with Crippen molar-refractivity contribution in [3.63, 3.8) is 0 Å². The van der Waals surface area contributed by atoms with Gasteiger partial charge < -0.3 is 4.74 Å². The molecule has 2 unspecified atom stereocenters. The van der Waals surface area contributed by atoms with E-state index in [-0.39, 0.29) is 11.7 Å². The molecule has 1 fully saturated rings. The Morgan fingerprint density at radius 3 is 2.41 bits per heavy atom. The zero-order chi connectivity index (χ0) is 20.8. The summed E-state index contributed by atoms with van der Waals surface area (Å²) in [4.78, 5) is 0. The monoisotopic (exact) mass is 404 g/mol. The quantitative estimate of drug-likeness (QED) is 0.408. The van der Waals surface area contributed by atoms with Gasteiger partial charge in [-0.3, -0.25) is 0 Å². The van der Waals surface area contributed by atoms with E-state index in [0.29, 0.717) is 35.6 Å². The van der Waals surface area contributed by atoms with Crippen molar-refractivity contribution in [2.45, 2.75) is 71.3 Å². The van der Waals surface area contributed by atoms with Gasteiger partial charge in [-0.15, -0.1) is 0 Å². The van der Waals surface area contributed by atoms with Crippen LogP contribution < -0.4 is 0 Å². The lowest BCUT2D eigenvalue weighted by Gasteiger charge is -2.29. The van der Waals surface area contributed by atoms with Crippen LogP contribution in [0.1, 0.15) is 76.0 Å². The molecule has 2 aromatic rings. The molecule has 0 aliphatic carbocycles. The summed E-state index contributed by atoms with van der Waals surface area (Å²) >= 11 is 0. The maximum Gasteiger partial charge on any atom is 0.166 e. The predicted octanol–water partition coefficient (Wildman–Crippen LogP) is 7.77. The molecule has 158 valence electrons. The molecular formula is C25H31F3O. The maximum absolute atomic E-state index is 14.8. The van der Waals surface area contributed by atoms with Gasteiger partial charge in [0.2, 0.25) is 0 Å². The Balaban J connectivity index is 1.76. The van der Waals surface area contributed by atoms with E-state index < -0.39 is 17.5 Å². The number of benzene rings is 2. The Bertz CT molecular complexity index is 810. The van der Waals surface area contributed by atoms with Gasteiger partial charge in [-0.1, -0.05) is 57.4 Å². The fourth-order valence-electron chi connectivity index (χ4n) is 4.21. The zero-order valence-electron chi connectivity index (χ0n) is 17.4. The second-order valence-corrected chi connectivity index (χ2v) is 8.15. The largest absolute Gasteiger partial charge is 0.373 e. The van der Waals surface area contributed by atoms with E-state index in [0.717, 1.165) is 44.9 Å². The molecule has 2 atom stereocenters. The highest BCUT2D eigenvalue weighted by atomic mass is 19.2. The normalized spacial score (nSPS) is 19.5. The maximum atomic E-state index is 14.8. The van der Waals surface area contributed by atoms with Gasteiger partial charge in [0.1, 0.15) is 5.82 Å². The lowest BCUT2D eigenvalue weighted by atomic mass is 9.91. The topological polar surface area (TPSA) is 9.23 Å². The van der Waals surface area contributed by atoms with Crippen LogP contribution in [-0.2, 0) is 11.2 Å². The first-order chi connectivity index (χ1) is 14.0. The summed E-state index contributed by atoms with van der Waals surface area (Å²) in [5.41, 5.74) is 1.33. The van der Waals surface area contributed by atoms with Crippen LogP contribution in [0.25, 0.3) is 11.1 Å². The molecule has 0 N–H and O–H groups in total. The van der Waals surface area contributed by atoms with Crippen LogP contribution in [-0.4, -0.2) is 6.61 Å². The molecule has 4 heteroatoms. The number of rotatable bonds is 8. The van der Waals surface area contributed by atoms with Crippen LogP contribution in [0.15, 0.2) is 30.3 Å². The van der Waals surface area contributed by atoms with Gasteiger partial charge >= 0.3 is 0 Å². The van der Waals surface area contributed by atoms with Crippen molar-refractivity contribution in [3.05, 3.63) is 58.9 Å². The molecule has 1 nitrogen and oxygen atoms in total. The summed E-state index contributed by atoms with van der Waals surface area (Å²) in [5, 5.41) is 0. The molecule has 29 heavy (non-hydrogen) atoms. The molecule has 0 spiro atoms. The fourth-order valence-corrected chi connectivity index (χ4v) is 4.21. The van der Waals surface area contributed by atoms with Gasteiger partial charge in [-0.25, -0.2) is 13.2 Å². The smallest absolute Gasteiger partial charge is 0.166 e. The third-order valence-corrected chi connectivity index (χ3v) is 5.94. The first-order valence-corrected chi connectivity index (χ1v) is 10.9. The summed E-state index contributed by atoms with van der Waals surface area (Å²) in [6.07, 6.45) is 7.16. The number of hydrogen-bond donors (Lipinski definition) is 0. The first-order valence-electron chi connectivity index (χ1n) is 10.9. The lowest BCUT2D eigenvalue weighted by Crippen LogP contribution is -2.21. The third kappa shape index (κ3) is 5.22. The van der Waals surface area contributed by atoms with Crippen LogP contribution in [0.2, 0.25) is 0 Å². The summed E-state index contributed by atoms with van der Waals surface area (Å²) in [5.74, 6) is -1.59. The van der Waals surface area contributed by atoms with Crippen molar-refractivity contribution in [3.8, 4) is 11.1 Å². The molecule has 1 saturated heterocycles. The Morgan fingerprint density at radius 1 is 0.931 bits per heavy atom. The first kappa shape index (κ1) is 21.9. The predicted molar refractivity (Wildman–Crippen MR) is 111 cm³/mol. The molecule has 0 bridgehead atoms. The minimum Gasteiger partial charge on any atom is -0.373 e. The molecule has 1 aliphatic heterocycles. The standard InChI is InChI=1S/C25H31F3O/c1-3-5-6-8-18-10-12-20(25(28)24(18)27)19-11-13-21(22(26)15-19)23-14-9-17(7-4-2)16-29-23/h10-13,15,17,23H,3-9,14,16H2,1-2H3. The number of ether oxygens (including phenoxy) is 1. The summed E-state index contributed by atoms with van der Waals surface area (Å²) in [6.45, 7) is 4.88. The number of hydrogen-bond acceptors (Lipinski definition) is 1. The van der Waals surface area contributed by atoms with Gasteiger partial charge in [0.25, 0.3) is 0 Å². The van der Waals surface area contributed by atoms with Crippen molar-refractivity contribution >= 4 is 0 Å². The van der Waals surface area contributed by atoms with Crippen molar-refractivity contribution in [1.82, 2.24) is 0 Å². The number of halogens is 3. The van der Waals surface area contributed by atoms with E-state index in [4.69, 9.17) is 4.74 Å². The van der Waals surface area contributed by atoms with E-state index in [9.17, 15) is 13.2 Å². The summed E-state index contributed by atoms with van der Waals surface area (Å²) < 4.78 is 49.8. The van der Waals surface area contributed by atoms with E-state index in [1.165, 1.54) is 6.07 Å². The second-order valence-electron chi connectivity index (χ2n) is 8.15. The summed E-state index contributed by atoms with van der Waals surface area (Å²) in [7, 11) is 0. The van der Waals surface area contributed by atoms with Crippen LogP contribution in [0.4, 0.5) is 13.2 Å². The fraction of sp³-hybridized carbons (Fsp3) is 0.520. The molecule has 0 amide bonds. The van der Waals surface area contributed by atoms with Crippen LogP contribution in [0.3, 0.4) is 0 Å². The number of aryl methyl sites for hydroxylation is 1. The third-order valence-electron chi connectivity index (χ3n) is 5.94. The molecule has 1 aliphatic rings. The highest BCUT2D eigenvalue weighted by molar-refractivity contribution is 5.65. The Kier molecular flexibility index (Phi) is 7.77. The van der Waals surface area contributed by atoms with Crippen molar-refractivity contribution < 1.29 is 17.9 Å². The second kappa shape index (κ2) is 10.3. The number of unbranched alkanes of at least 4 members (excludes halogenated alkanes) is 2. The van der Waals surface area contributed by atoms with Crippen molar-refractivity contribution in [2.75, 3.05) is 6.61 Å². The Labute approximate surface area is 172 Å². The van der Waals surface area contributed by atoms with E-state index in [1.54, 1.807) is 24.3 Å². The molecule has 2 aromatic carbocycles. The molecule has 3 rings (SSSR count). The molecular weight excluding hydrogens is 373 g/mol. The van der Waals surface area contributed by atoms with Crippen LogP contribution in [0.5, 0.6) is 0 Å². The van der Waals surface area contributed by atoms with E-state index in [1.807, 2.05) is 0 Å². The van der Waals surface area contributed by atoms with Gasteiger partial charge in [0, 0.05) is 11.1 Å². The molecule has 0 aromatic heterocycles. The highest BCUT2D eigenvalue weighted by Crippen LogP contribution is 2.35. The lowest BCUT2D eigenvalue weighted by molar-refractivity contribution is -0.0211. The van der Waals surface area contributed by atoms with Gasteiger partial charge in [-0.2, -0.15) is 0 Å². The molecule has 0 radical (unpaired) electrons. The van der Waals surface area contributed by atoms with Crippen molar-refractivity contribution in [1.29, 1.82) is 0 Å². The highest BCUT2D eigenvalue weighted by Gasteiger charge is 2.25. The SMILES string of the molecule is CCCCCc1ccc(-c2ccc(C3CCC(CCC)CO3)c(F)c2)c(F)c1F. The molecule has 0 saturated carbocycles. The molecule has 1 heterocycles. The van der Waals surface area contributed by atoms with E-state index in [2.05, 4.69) is 13.8 Å². The zero-order valence-corrected chi connectivity index (χ0v) is 17.4. The summed E-state index contributed by atoms with van der Waals surface area (Å²) in [6, 6.07) is 7.79. The average Bonchev–Trinajstić information content (AvgIpc) is 2.72. The van der Waals surface area contributed by atoms with Crippen LogP contribution in [0, 0.1) is 23.4 Å². The van der Waals surface area contributed by atoms with Gasteiger partial charge in [0.05, 0.1) is 12.7 Å². The van der Waals surface area contributed by atoms with Gasteiger partial charge in [0.15, 0.2) is 11.6 Å². The minimum absolute atomic E-state index is 0.0970. The Morgan fingerprint density at radius 2 is 1.76 bits per heavy atom. The van der Waals surface area contributed by atoms with Crippen LogP contribution >= 0.6 is 0 Å². The minimum atomic E-state index is -0.900. The van der Waals surface area contributed by atoms with E-state index >= 15 is 0 Å². The average molecular weight is 405 g/mol. The Hall–Kier alpha value is -1.81. The van der Waals surface area contributed by atoms with Gasteiger partial charge in [-0.05, 0) is 55.2 Å². The van der Waals surface area contributed by atoms with Crippen molar-refractivity contribution in [2.24, 2.45) is 5.92 Å².